The number of cyclic esters (lactones) is 1. The topological polar surface area (TPSA) is 105 Å². The summed E-state index contributed by atoms with van der Waals surface area (Å²) in [6.45, 7) is 5.07. The van der Waals surface area contributed by atoms with Crippen LogP contribution in [0, 0.1) is 24.6 Å². The average Bonchev–Trinajstić information content (AvgIpc) is 3.61. The number of benzene rings is 1. The molecule has 1 aromatic carbocycles. The van der Waals surface area contributed by atoms with E-state index in [1.54, 1.807) is 24.5 Å². The monoisotopic (exact) mass is 533 g/mol. The number of hydrogen-bond acceptors (Lipinski definition) is 7. The van der Waals surface area contributed by atoms with Gasteiger partial charge in [0, 0.05) is 41.7 Å². The number of carbonyl (C=O) groups is 1. The third kappa shape index (κ3) is 3.42. The summed E-state index contributed by atoms with van der Waals surface area (Å²) in [7, 11) is 0. The quantitative estimate of drug-likeness (QED) is 0.389. The maximum absolute atomic E-state index is 14.8. The maximum atomic E-state index is 14.8. The molecular formula is C30H32FN3O5. The van der Waals surface area contributed by atoms with E-state index in [1.807, 2.05) is 6.07 Å². The summed E-state index contributed by atoms with van der Waals surface area (Å²) in [5.41, 5.74) is 2.27. The Labute approximate surface area is 225 Å². The number of nitrogens with zero attached hydrogens (tertiary/aromatic N) is 3. The molecule has 9 heteroatoms. The van der Waals surface area contributed by atoms with Gasteiger partial charge in [0.2, 0.25) is 0 Å². The molecule has 4 atom stereocenters. The van der Waals surface area contributed by atoms with Gasteiger partial charge in [-0.3, -0.25) is 9.69 Å². The van der Waals surface area contributed by atoms with E-state index in [9.17, 15) is 24.2 Å². The number of aryl methyl sites for hydroxylation is 1. The Morgan fingerprint density at radius 3 is 2.79 bits per heavy atom. The fraction of sp³-hybridized carbons (Fsp3) is 0.500. The first-order chi connectivity index (χ1) is 18.7. The van der Waals surface area contributed by atoms with E-state index in [4.69, 9.17) is 9.72 Å². The molecule has 1 aliphatic carbocycles. The first-order valence-electron chi connectivity index (χ1n) is 13.9. The number of aliphatic hydroxyl groups excluding tert-OH is 1. The van der Waals surface area contributed by atoms with Gasteiger partial charge in [-0.05, 0) is 61.3 Å². The van der Waals surface area contributed by atoms with Crippen LogP contribution in [0.25, 0.3) is 22.3 Å². The second kappa shape index (κ2) is 8.68. The molecule has 0 radical (unpaired) electrons. The van der Waals surface area contributed by atoms with Gasteiger partial charge in [-0.25, -0.2) is 14.2 Å². The lowest BCUT2D eigenvalue weighted by molar-refractivity contribution is -0.172. The highest BCUT2D eigenvalue weighted by Crippen LogP contribution is 2.45. The Morgan fingerprint density at radius 2 is 2.03 bits per heavy atom. The van der Waals surface area contributed by atoms with Crippen molar-refractivity contribution in [3.63, 3.8) is 0 Å². The molecule has 2 aromatic heterocycles. The van der Waals surface area contributed by atoms with Crippen LogP contribution >= 0.6 is 0 Å². The molecule has 2 N–H and O–H groups in total. The Kier molecular flexibility index (Phi) is 5.53. The van der Waals surface area contributed by atoms with Crippen molar-refractivity contribution in [2.45, 2.75) is 70.9 Å². The lowest BCUT2D eigenvalue weighted by Gasteiger charge is -2.31. The predicted octanol–water partition coefficient (Wildman–Crippen LogP) is 3.12. The molecule has 3 aromatic rings. The number of likely N-dealkylation sites (tertiary alicyclic amines) is 1. The van der Waals surface area contributed by atoms with Gasteiger partial charge in [-0.1, -0.05) is 13.3 Å². The van der Waals surface area contributed by atoms with Crippen LogP contribution in [0.2, 0.25) is 0 Å². The van der Waals surface area contributed by atoms with Crippen LogP contribution in [0.4, 0.5) is 4.39 Å². The molecule has 0 bridgehead atoms. The van der Waals surface area contributed by atoms with Gasteiger partial charge in [0.05, 0.1) is 35.6 Å². The summed E-state index contributed by atoms with van der Waals surface area (Å²) in [5, 5.41) is 22.4. The highest BCUT2D eigenvalue weighted by Gasteiger charge is 2.46. The molecular weight excluding hydrogens is 501 g/mol. The van der Waals surface area contributed by atoms with Gasteiger partial charge in [-0.15, -0.1) is 0 Å². The molecule has 39 heavy (non-hydrogen) atoms. The van der Waals surface area contributed by atoms with Crippen molar-refractivity contribution < 1.29 is 24.1 Å². The van der Waals surface area contributed by atoms with E-state index < -0.39 is 11.6 Å². The van der Waals surface area contributed by atoms with E-state index in [0.717, 1.165) is 29.5 Å². The molecule has 3 aliphatic heterocycles. The van der Waals surface area contributed by atoms with Crippen LogP contribution in [0.1, 0.15) is 60.4 Å². The van der Waals surface area contributed by atoms with Crippen LogP contribution in [-0.2, 0) is 34.8 Å². The fourth-order valence-electron chi connectivity index (χ4n) is 7.61. The molecule has 2 fully saturated rings. The van der Waals surface area contributed by atoms with Crippen LogP contribution in [0.5, 0.6) is 0 Å². The largest absolute Gasteiger partial charge is 0.458 e. The van der Waals surface area contributed by atoms with Gasteiger partial charge >= 0.3 is 5.97 Å². The van der Waals surface area contributed by atoms with Crippen molar-refractivity contribution in [1.82, 2.24) is 14.5 Å². The predicted molar refractivity (Wildman–Crippen MR) is 141 cm³/mol. The minimum Gasteiger partial charge on any atom is -0.458 e. The molecule has 5 heterocycles. The summed E-state index contributed by atoms with van der Waals surface area (Å²) in [6, 6.07) is 5.03. The Morgan fingerprint density at radius 1 is 1.21 bits per heavy atom. The molecule has 0 unspecified atom stereocenters. The number of ether oxygens (including phenoxy) is 1. The van der Waals surface area contributed by atoms with Crippen molar-refractivity contribution in [2.24, 2.45) is 11.8 Å². The standard InChI is InChI=1S/C30H32FN3O5/c1-3-30(38)22-8-25-27-20(12-34(25)28(36)21(22)14-39-29(30)37)19(18-7-15(2)23(31)9-24(18)32-27)11-33-10-16-5-4-6-17(16)26(33)13-35/h7-9,16-17,26,35,38H,3-6,10-14H2,1-2H3/t16-,17-,26+,30-/m0/s1. The second-order valence-electron chi connectivity index (χ2n) is 11.7. The Hall–Kier alpha value is -3.14. The first-order valence-corrected chi connectivity index (χ1v) is 13.9. The smallest absolute Gasteiger partial charge is 0.343 e. The third-order valence-corrected chi connectivity index (χ3v) is 9.78. The van der Waals surface area contributed by atoms with Crippen molar-refractivity contribution in [3.8, 4) is 11.4 Å². The zero-order chi connectivity index (χ0) is 27.2. The van der Waals surface area contributed by atoms with E-state index in [-0.39, 0.29) is 54.7 Å². The molecule has 8 nitrogen and oxygen atoms in total. The van der Waals surface area contributed by atoms with Crippen LogP contribution in [-0.4, -0.2) is 49.8 Å². The van der Waals surface area contributed by atoms with Crippen LogP contribution in [0.3, 0.4) is 0 Å². The van der Waals surface area contributed by atoms with Crippen molar-refractivity contribution in [2.75, 3.05) is 13.2 Å². The Bertz CT molecular complexity index is 1620. The first kappa shape index (κ1) is 24.9. The lowest BCUT2D eigenvalue weighted by Crippen LogP contribution is -2.44. The van der Waals surface area contributed by atoms with Gasteiger partial charge < -0.3 is 19.5 Å². The molecule has 204 valence electrons. The van der Waals surface area contributed by atoms with Gasteiger partial charge in [-0.2, -0.15) is 0 Å². The van der Waals surface area contributed by atoms with Crippen molar-refractivity contribution in [3.05, 3.63) is 62.2 Å². The second-order valence-corrected chi connectivity index (χ2v) is 11.7. The summed E-state index contributed by atoms with van der Waals surface area (Å²) >= 11 is 0. The number of rotatable bonds is 4. The summed E-state index contributed by atoms with van der Waals surface area (Å²) < 4.78 is 21.6. The number of aliphatic hydroxyl groups is 2. The van der Waals surface area contributed by atoms with Crippen LogP contribution < -0.4 is 5.56 Å². The van der Waals surface area contributed by atoms with Crippen molar-refractivity contribution in [1.29, 1.82) is 0 Å². The van der Waals surface area contributed by atoms with E-state index in [0.29, 0.717) is 40.8 Å². The average molecular weight is 534 g/mol. The number of fused-ring (bicyclic) bond motifs is 6. The van der Waals surface area contributed by atoms with E-state index in [2.05, 4.69) is 4.90 Å². The lowest BCUT2D eigenvalue weighted by atomic mass is 9.86. The minimum atomic E-state index is -1.91. The van der Waals surface area contributed by atoms with Gasteiger partial charge in [0.15, 0.2) is 5.60 Å². The zero-order valence-corrected chi connectivity index (χ0v) is 22.2. The zero-order valence-electron chi connectivity index (χ0n) is 22.2. The van der Waals surface area contributed by atoms with E-state index >= 15 is 0 Å². The highest BCUT2D eigenvalue weighted by molar-refractivity contribution is 5.89. The number of halogens is 1. The maximum Gasteiger partial charge on any atom is 0.343 e. The number of aromatic nitrogens is 2. The number of carbonyl (C=O) groups excluding carboxylic acids is 1. The molecule has 0 amide bonds. The molecule has 1 saturated carbocycles. The van der Waals surface area contributed by atoms with E-state index in [1.165, 1.54) is 18.9 Å². The molecule has 4 aliphatic rings. The normalized spacial score (nSPS) is 27.4. The van der Waals surface area contributed by atoms with Crippen LogP contribution in [0.15, 0.2) is 23.0 Å². The van der Waals surface area contributed by atoms with Gasteiger partial charge in [0.25, 0.3) is 5.56 Å². The SMILES string of the molecule is CC[C@@]1(O)C(=O)OCc2c1cc1n(c2=O)Cc2c-1nc1cc(F)c(C)cc1c2CN1C[C@@H]2CCC[C@@H]2[C@H]1CO. The molecule has 0 spiro atoms. The Balaban J connectivity index is 1.43. The number of esters is 1. The molecule has 7 rings (SSSR count). The summed E-state index contributed by atoms with van der Waals surface area (Å²) in [6.07, 6.45) is 3.56. The van der Waals surface area contributed by atoms with Gasteiger partial charge in [0.1, 0.15) is 12.4 Å². The minimum absolute atomic E-state index is 0.0648. The fourth-order valence-corrected chi connectivity index (χ4v) is 7.61. The highest BCUT2D eigenvalue weighted by atomic mass is 19.1. The summed E-state index contributed by atoms with van der Waals surface area (Å²) in [4.78, 5) is 33.4. The molecule has 1 saturated heterocycles. The third-order valence-electron chi connectivity index (χ3n) is 9.78. The van der Waals surface area contributed by atoms with Crippen molar-refractivity contribution >= 4 is 16.9 Å². The number of pyridine rings is 2. The summed E-state index contributed by atoms with van der Waals surface area (Å²) in [5.74, 6) is -0.0717. The number of hydrogen-bond donors (Lipinski definition) is 2.